The van der Waals surface area contributed by atoms with Crippen molar-refractivity contribution in [2.75, 3.05) is 17.7 Å². The number of rotatable bonds is 7. The zero-order valence-electron chi connectivity index (χ0n) is 16.9. The van der Waals surface area contributed by atoms with Gasteiger partial charge in [-0.25, -0.2) is 14.4 Å². The van der Waals surface area contributed by atoms with Crippen LogP contribution in [-0.2, 0) is 11.2 Å². The van der Waals surface area contributed by atoms with E-state index in [-0.39, 0.29) is 18.1 Å². The fraction of sp³-hybridized carbons (Fsp3) is 0.136. The number of halogens is 1. The molecule has 0 bridgehead atoms. The van der Waals surface area contributed by atoms with Gasteiger partial charge in [0.1, 0.15) is 17.4 Å². The van der Waals surface area contributed by atoms with Crippen LogP contribution in [0.2, 0.25) is 0 Å². The number of aryl methyl sites for hydroxylation is 1. The topological polar surface area (TPSA) is 91.9 Å². The zero-order chi connectivity index (χ0) is 21.8. The highest BCUT2D eigenvalue weighted by atomic mass is 32.1. The van der Waals surface area contributed by atoms with Gasteiger partial charge in [-0.2, -0.15) is 0 Å². The minimum absolute atomic E-state index is 0.121. The molecule has 0 saturated carbocycles. The summed E-state index contributed by atoms with van der Waals surface area (Å²) in [4.78, 5) is 24.2. The van der Waals surface area contributed by atoms with Crippen molar-refractivity contribution >= 4 is 33.8 Å². The number of carbonyl (C=O) groups is 1. The van der Waals surface area contributed by atoms with Gasteiger partial charge in [0.15, 0.2) is 5.13 Å². The number of nitrogens with zero attached hydrogens (tertiary/aromatic N) is 2. The predicted molar refractivity (Wildman–Crippen MR) is 119 cm³/mol. The summed E-state index contributed by atoms with van der Waals surface area (Å²) < 4.78 is 18.5. The molecule has 0 aliphatic carbocycles. The van der Waals surface area contributed by atoms with Crippen LogP contribution in [0.25, 0.3) is 11.4 Å². The van der Waals surface area contributed by atoms with Crippen molar-refractivity contribution in [2.45, 2.75) is 13.3 Å². The van der Waals surface area contributed by atoms with Gasteiger partial charge in [-0.15, -0.1) is 11.3 Å². The smallest absolute Gasteiger partial charge is 0.230 e. The first-order valence-electron chi connectivity index (χ1n) is 9.47. The van der Waals surface area contributed by atoms with E-state index in [0.29, 0.717) is 22.3 Å². The maximum Gasteiger partial charge on any atom is 0.230 e. The number of aromatic amines is 1. The highest BCUT2D eigenvalue weighted by Crippen LogP contribution is 2.32. The van der Waals surface area contributed by atoms with Gasteiger partial charge in [-0.1, -0.05) is 0 Å². The lowest BCUT2D eigenvalue weighted by Gasteiger charge is -2.09. The number of imidazole rings is 1. The molecule has 2 aromatic carbocycles. The molecule has 0 saturated heterocycles. The third-order valence-corrected chi connectivity index (χ3v) is 5.24. The van der Waals surface area contributed by atoms with Crippen molar-refractivity contribution in [3.8, 4) is 17.1 Å². The largest absolute Gasteiger partial charge is 0.496 e. The lowest BCUT2D eigenvalue weighted by atomic mass is 10.1. The second kappa shape index (κ2) is 8.97. The zero-order valence-corrected chi connectivity index (χ0v) is 17.7. The Hall–Kier alpha value is -3.72. The molecule has 0 fully saturated rings. The molecule has 0 spiro atoms. The molecule has 1 amide bonds. The Morgan fingerprint density at radius 3 is 2.68 bits per heavy atom. The quantitative estimate of drug-likeness (QED) is 0.382. The monoisotopic (exact) mass is 437 g/mol. The van der Waals surface area contributed by atoms with Crippen molar-refractivity contribution in [1.29, 1.82) is 0 Å². The molecular formula is C22H20FN5O2S. The minimum atomic E-state index is -0.350. The molecule has 0 unspecified atom stereocenters. The molecule has 3 N–H and O–H groups in total. The van der Waals surface area contributed by atoms with Crippen LogP contribution in [0.1, 0.15) is 11.4 Å². The molecule has 0 aliphatic rings. The van der Waals surface area contributed by atoms with Gasteiger partial charge in [0.05, 0.1) is 24.8 Å². The van der Waals surface area contributed by atoms with Gasteiger partial charge in [-0.05, 0) is 43.3 Å². The number of aromatic nitrogens is 3. The number of anilines is 3. The molecule has 0 aliphatic heterocycles. The van der Waals surface area contributed by atoms with Crippen LogP contribution in [0.3, 0.4) is 0 Å². The molecule has 7 nitrogen and oxygen atoms in total. The summed E-state index contributed by atoms with van der Waals surface area (Å²) in [5.74, 6) is 0.847. The van der Waals surface area contributed by atoms with E-state index in [9.17, 15) is 9.18 Å². The molecule has 4 rings (SSSR count). The van der Waals surface area contributed by atoms with Crippen molar-refractivity contribution in [2.24, 2.45) is 0 Å². The van der Waals surface area contributed by atoms with Crippen LogP contribution in [-0.4, -0.2) is 28.0 Å². The predicted octanol–water partition coefficient (Wildman–Crippen LogP) is 4.91. The van der Waals surface area contributed by atoms with Crippen LogP contribution in [0.5, 0.6) is 5.75 Å². The number of benzene rings is 2. The summed E-state index contributed by atoms with van der Waals surface area (Å²) in [7, 11) is 1.61. The summed E-state index contributed by atoms with van der Waals surface area (Å²) in [5.41, 5.74) is 3.82. The number of ether oxygens (including phenoxy) is 1. The van der Waals surface area contributed by atoms with E-state index in [0.717, 1.165) is 22.8 Å². The SMILES string of the molecule is COc1cc(Nc2nc(CC(=O)Nc3ccc(F)cc3)cs2)ccc1-c1ncc(C)[nH]1. The van der Waals surface area contributed by atoms with Gasteiger partial charge in [0.25, 0.3) is 0 Å². The molecular weight excluding hydrogens is 417 g/mol. The van der Waals surface area contributed by atoms with E-state index in [1.807, 2.05) is 30.5 Å². The highest BCUT2D eigenvalue weighted by molar-refractivity contribution is 7.13. The van der Waals surface area contributed by atoms with Crippen LogP contribution in [0, 0.1) is 12.7 Å². The van der Waals surface area contributed by atoms with Crippen LogP contribution < -0.4 is 15.4 Å². The first kappa shape index (κ1) is 20.5. The minimum Gasteiger partial charge on any atom is -0.496 e. The summed E-state index contributed by atoms with van der Waals surface area (Å²) in [6, 6.07) is 11.3. The first-order chi connectivity index (χ1) is 15.0. The molecule has 2 aromatic heterocycles. The highest BCUT2D eigenvalue weighted by Gasteiger charge is 2.12. The Balaban J connectivity index is 1.41. The normalized spacial score (nSPS) is 10.7. The third-order valence-electron chi connectivity index (χ3n) is 4.43. The van der Waals surface area contributed by atoms with E-state index in [1.54, 1.807) is 13.3 Å². The van der Waals surface area contributed by atoms with E-state index >= 15 is 0 Å². The van der Waals surface area contributed by atoms with Gasteiger partial charge in [0.2, 0.25) is 5.91 Å². The molecule has 158 valence electrons. The fourth-order valence-electron chi connectivity index (χ4n) is 2.99. The number of thiazole rings is 1. The van der Waals surface area contributed by atoms with Crippen molar-refractivity contribution in [3.63, 3.8) is 0 Å². The van der Waals surface area contributed by atoms with Crippen LogP contribution in [0.4, 0.5) is 20.9 Å². The first-order valence-corrected chi connectivity index (χ1v) is 10.3. The molecule has 31 heavy (non-hydrogen) atoms. The molecule has 0 atom stereocenters. The molecule has 0 radical (unpaired) electrons. The van der Waals surface area contributed by atoms with Gasteiger partial charge in [0, 0.05) is 34.7 Å². The number of hydrogen-bond donors (Lipinski definition) is 3. The Morgan fingerprint density at radius 1 is 1.19 bits per heavy atom. The Labute approximate surface area is 182 Å². The van der Waals surface area contributed by atoms with Gasteiger partial charge in [-0.3, -0.25) is 4.79 Å². The molecule has 2 heterocycles. The second-order valence-electron chi connectivity index (χ2n) is 6.83. The lowest BCUT2D eigenvalue weighted by Crippen LogP contribution is -2.14. The van der Waals surface area contributed by atoms with Gasteiger partial charge >= 0.3 is 0 Å². The summed E-state index contributed by atoms with van der Waals surface area (Å²) in [5, 5.41) is 8.45. The van der Waals surface area contributed by atoms with Crippen molar-refractivity contribution < 1.29 is 13.9 Å². The number of hydrogen-bond acceptors (Lipinski definition) is 6. The Morgan fingerprint density at radius 2 is 1.97 bits per heavy atom. The van der Waals surface area contributed by atoms with Crippen LogP contribution >= 0.6 is 11.3 Å². The molecule has 4 aromatic rings. The maximum atomic E-state index is 13.0. The standard InChI is InChI=1S/C22H20FN5O2S/c1-13-11-24-21(25-13)18-8-7-16(9-19(18)30-2)27-22-28-17(12-31-22)10-20(29)26-15-5-3-14(23)4-6-15/h3-9,11-12H,10H2,1-2H3,(H,24,25)(H,26,29)(H,27,28). The summed E-state index contributed by atoms with van der Waals surface area (Å²) in [6.45, 7) is 1.94. The molecule has 9 heteroatoms. The average molecular weight is 438 g/mol. The van der Waals surface area contributed by atoms with E-state index in [2.05, 4.69) is 25.6 Å². The van der Waals surface area contributed by atoms with Crippen molar-refractivity contribution in [3.05, 3.63) is 71.2 Å². The summed E-state index contributed by atoms with van der Waals surface area (Å²) in [6.07, 6.45) is 1.89. The number of methoxy groups -OCH3 is 1. The van der Waals surface area contributed by atoms with E-state index in [1.165, 1.54) is 35.6 Å². The Bertz CT molecular complexity index is 1200. The van der Waals surface area contributed by atoms with Crippen molar-refractivity contribution in [1.82, 2.24) is 15.0 Å². The fourth-order valence-corrected chi connectivity index (χ4v) is 3.72. The third kappa shape index (κ3) is 5.07. The second-order valence-corrected chi connectivity index (χ2v) is 7.69. The number of carbonyl (C=O) groups excluding carboxylic acids is 1. The van der Waals surface area contributed by atoms with E-state index in [4.69, 9.17) is 4.74 Å². The maximum absolute atomic E-state index is 13.0. The summed E-state index contributed by atoms with van der Waals surface area (Å²) >= 11 is 1.40. The number of H-pyrrole nitrogens is 1. The average Bonchev–Trinajstić information content (AvgIpc) is 3.38. The van der Waals surface area contributed by atoms with Gasteiger partial charge < -0.3 is 20.4 Å². The lowest BCUT2D eigenvalue weighted by molar-refractivity contribution is -0.115. The van der Waals surface area contributed by atoms with Crippen LogP contribution in [0.15, 0.2) is 54.0 Å². The number of nitrogens with one attached hydrogen (secondary N) is 3. The number of amides is 1. The van der Waals surface area contributed by atoms with E-state index < -0.39 is 0 Å². The Kier molecular flexibility index (Phi) is 5.94.